The molecule has 0 aromatic heterocycles. The Kier molecular flexibility index (Phi) is 8.64. The Morgan fingerprint density at radius 2 is 1.10 bits per heavy atom. The minimum Gasteiger partial charge on any atom is -0.330 e. The van der Waals surface area contributed by atoms with Crippen LogP contribution in [0.25, 0.3) is 0 Å². The molecule has 3 aromatic rings. The fraction of sp³-hybridized carbons (Fsp3) is 0.333. The van der Waals surface area contributed by atoms with E-state index in [0.29, 0.717) is 6.54 Å². The van der Waals surface area contributed by atoms with Gasteiger partial charge in [-0.1, -0.05) is 91.0 Å². The number of benzene rings is 3. The van der Waals surface area contributed by atoms with Gasteiger partial charge in [-0.15, -0.1) is 0 Å². The van der Waals surface area contributed by atoms with E-state index in [1.54, 1.807) is 0 Å². The van der Waals surface area contributed by atoms with Crippen LogP contribution >= 0.6 is 0 Å². The predicted octanol–water partition coefficient (Wildman–Crippen LogP) is 4.41. The Hall–Kier alpha value is -2.46. The van der Waals surface area contributed by atoms with E-state index in [4.69, 9.17) is 11.5 Å². The van der Waals surface area contributed by atoms with Gasteiger partial charge < -0.3 is 11.5 Å². The van der Waals surface area contributed by atoms with E-state index in [1.807, 2.05) is 0 Å². The number of hydrogen-bond acceptors (Lipinski definition) is 3. The maximum absolute atomic E-state index is 7.08. The van der Waals surface area contributed by atoms with Crippen molar-refractivity contribution < 1.29 is 0 Å². The summed E-state index contributed by atoms with van der Waals surface area (Å²) in [6, 6.07) is 31.9. The van der Waals surface area contributed by atoms with Crippen LogP contribution in [0.4, 0.5) is 0 Å². The Morgan fingerprint density at radius 1 is 0.633 bits per heavy atom. The van der Waals surface area contributed by atoms with Crippen molar-refractivity contribution in [1.82, 2.24) is 4.90 Å². The normalized spacial score (nSPS) is 11.7. The molecule has 0 aliphatic heterocycles. The lowest BCUT2D eigenvalue weighted by atomic mass is 9.82. The predicted molar refractivity (Wildman–Crippen MR) is 127 cm³/mol. The molecule has 0 amide bonds. The Bertz CT molecular complexity index is 792. The lowest BCUT2D eigenvalue weighted by molar-refractivity contribution is 0.227. The first-order chi connectivity index (χ1) is 14.7. The van der Waals surface area contributed by atoms with E-state index in [-0.39, 0.29) is 5.54 Å². The van der Waals surface area contributed by atoms with Crippen LogP contribution in [-0.4, -0.2) is 30.1 Å². The smallest absolute Gasteiger partial charge is 0.0248 e. The van der Waals surface area contributed by atoms with Crippen molar-refractivity contribution >= 4 is 0 Å². The molecule has 0 saturated carbocycles. The third-order valence-corrected chi connectivity index (χ3v) is 5.65. The van der Waals surface area contributed by atoms with Crippen LogP contribution in [0.1, 0.15) is 29.5 Å². The van der Waals surface area contributed by atoms with Gasteiger partial charge in [0.25, 0.3) is 0 Å². The van der Waals surface area contributed by atoms with Gasteiger partial charge in [0.05, 0.1) is 0 Å². The lowest BCUT2D eigenvalue weighted by Gasteiger charge is -2.33. The molecule has 30 heavy (non-hydrogen) atoms. The Morgan fingerprint density at radius 3 is 1.57 bits per heavy atom. The van der Waals surface area contributed by atoms with Crippen LogP contribution in [0.3, 0.4) is 0 Å². The summed E-state index contributed by atoms with van der Waals surface area (Å²) in [5.74, 6) is 0. The van der Waals surface area contributed by atoms with Crippen molar-refractivity contribution in [1.29, 1.82) is 0 Å². The molecule has 3 heteroatoms. The van der Waals surface area contributed by atoms with Gasteiger partial charge in [0, 0.05) is 18.6 Å². The summed E-state index contributed by atoms with van der Waals surface area (Å²) < 4.78 is 0. The van der Waals surface area contributed by atoms with Crippen molar-refractivity contribution in [3.63, 3.8) is 0 Å². The molecule has 3 aromatic carbocycles. The minimum atomic E-state index is -0.291. The molecular weight excluding hydrogens is 366 g/mol. The van der Waals surface area contributed by atoms with Crippen molar-refractivity contribution in [2.24, 2.45) is 11.5 Å². The van der Waals surface area contributed by atoms with Crippen molar-refractivity contribution in [3.8, 4) is 0 Å². The molecule has 0 unspecified atom stereocenters. The van der Waals surface area contributed by atoms with E-state index in [1.165, 1.54) is 16.7 Å². The number of nitrogens with zero attached hydrogens (tertiary/aromatic N) is 1. The molecule has 0 atom stereocenters. The molecular formula is C27H35N3. The molecule has 0 aliphatic rings. The Balaban J connectivity index is 1.72. The van der Waals surface area contributed by atoms with Gasteiger partial charge >= 0.3 is 0 Å². The lowest BCUT2D eigenvalue weighted by Crippen LogP contribution is -2.47. The third kappa shape index (κ3) is 7.42. The quantitative estimate of drug-likeness (QED) is 0.473. The highest BCUT2D eigenvalue weighted by Crippen LogP contribution is 2.22. The zero-order valence-corrected chi connectivity index (χ0v) is 17.9. The van der Waals surface area contributed by atoms with E-state index < -0.39 is 0 Å². The van der Waals surface area contributed by atoms with E-state index in [0.717, 1.165) is 45.3 Å². The molecule has 0 bridgehead atoms. The SMILES string of the molecule is NCCCN(CCC(N)(Cc1ccccc1)Cc1ccccc1)Cc1ccccc1. The van der Waals surface area contributed by atoms with Crippen LogP contribution in [0.2, 0.25) is 0 Å². The average molecular weight is 402 g/mol. The second kappa shape index (κ2) is 11.7. The molecule has 0 heterocycles. The molecule has 0 saturated heterocycles. The molecule has 0 radical (unpaired) electrons. The van der Waals surface area contributed by atoms with Gasteiger partial charge in [-0.2, -0.15) is 0 Å². The first kappa shape index (κ1) is 22.2. The largest absolute Gasteiger partial charge is 0.330 e. The van der Waals surface area contributed by atoms with Crippen LogP contribution in [0.5, 0.6) is 0 Å². The van der Waals surface area contributed by atoms with Gasteiger partial charge in [0.2, 0.25) is 0 Å². The number of nitrogens with two attached hydrogens (primary N) is 2. The molecule has 0 fully saturated rings. The zero-order chi connectivity index (χ0) is 21.1. The summed E-state index contributed by atoms with van der Waals surface area (Å²) in [6.07, 6.45) is 3.69. The van der Waals surface area contributed by atoms with Gasteiger partial charge in [-0.25, -0.2) is 0 Å². The van der Waals surface area contributed by atoms with Crippen molar-refractivity contribution in [2.45, 2.75) is 37.8 Å². The summed E-state index contributed by atoms with van der Waals surface area (Å²) in [4.78, 5) is 2.50. The van der Waals surface area contributed by atoms with Crippen molar-refractivity contribution in [2.75, 3.05) is 19.6 Å². The molecule has 0 spiro atoms. The third-order valence-electron chi connectivity index (χ3n) is 5.65. The summed E-state index contributed by atoms with van der Waals surface area (Å²) in [7, 11) is 0. The summed E-state index contributed by atoms with van der Waals surface area (Å²) >= 11 is 0. The molecule has 3 nitrogen and oxygen atoms in total. The maximum atomic E-state index is 7.08. The van der Waals surface area contributed by atoms with Gasteiger partial charge in [0.15, 0.2) is 0 Å². The van der Waals surface area contributed by atoms with Gasteiger partial charge in [0.1, 0.15) is 0 Å². The minimum absolute atomic E-state index is 0.291. The second-order valence-corrected chi connectivity index (χ2v) is 8.34. The highest BCUT2D eigenvalue weighted by atomic mass is 15.1. The first-order valence-electron chi connectivity index (χ1n) is 11.0. The van der Waals surface area contributed by atoms with Crippen LogP contribution < -0.4 is 11.5 Å². The molecule has 3 rings (SSSR count). The summed E-state index contributed by atoms with van der Waals surface area (Å²) in [5, 5.41) is 0. The van der Waals surface area contributed by atoms with E-state index in [9.17, 15) is 0 Å². The van der Waals surface area contributed by atoms with E-state index in [2.05, 4.69) is 95.9 Å². The van der Waals surface area contributed by atoms with Crippen LogP contribution in [0, 0.1) is 0 Å². The second-order valence-electron chi connectivity index (χ2n) is 8.34. The molecule has 0 aliphatic carbocycles. The number of hydrogen-bond donors (Lipinski definition) is 2. The number of rotatable bonds is 12. The standard InChI is InChI=1S/C27H35N3/c28-18-10-19-30(23-26-15-8-3-9-16-26)20-17-27(29,21-24-11-4-1-5-12-24)22-25-13-6-2-7-14-25/h1-9,11-16H,10,17-23,28-29H2. The summed E-state index contributed by atoms with van der Waals surface area (Å²) in [6.45, 7) is 3.61. The topological polar surface area (TPSA) is 55.3 Å². The highest BCUT2D eigenvalue weighted by Gasteiger charge is 2.26. The average Bonchev–Trinajstić information content (AvgIpc) is 2.78. The van der Waals surface area contributed by atoms with Crippen LogP contribution in [-0.2, 0) is 19.4 Å². The first-order valence-corrected chi connectivity index (χ1v) is 11.0. The molecule has 4 N–H and O–H groups in total. The fourth-order valence-electron chi connectivity index (χ4n) is 4.05. The van der Waals surface area contributed by atoms with Crippen molar-refractivity contribution in [3.05, 3.63) is 108 Å². The van der Waals surface area contributed by atoms with E-state index >= 15 is 0 Å². The molecule has 158 valence electrons. The summed E-state index contributed by atoms with van der Waals surface area (Å²) in [5.41, 5.74) is 16.5. The van der Waals surface area contributed by atoms with Gasteiger partial charge in [-0.05, 0) is 55.5 Å². The monoisotopic (exact) mass is 401 g/mol. The zero-order valence-electron chi connectivity index (χ0n) is 17.9. The maximum Gasteiger partial charge on any atom is 0.0248 e. The Labute approximate surface area is 181 Å². The van der Waals surface area contributed by atoms with Gasteiger partial charge in [-0.3, -0.25) is 4.90 Å². The van der Waals surface area contributed by atoms with Crippen LogP contribution in [0.15, 0.2) is 91.0 Å². The fourth-order valence-corrected chi connectivity index (χ4v) is 4.05. The highest BCUT2D eigenvalue weighted by molar-refractivity contribution is 5.22.